The summed E-state index contributed by atoms with van der Waals surface area (Å²) >= 11 is 0. The van der Waals surface area contributed by atoms with E-state index in [4.69, 9.17) is 0 Å². The number of aromatic amines is 1. The van der Waals surface area contributed by atoms with Crippen LogP contribution in [0.3, 0.4) is 0 Å². The second-order valence-electron chi connectivity index (χ2n) is 5.54. The molecule has 1 aromatic rings. The number of hydrogen-bond acceptors (Lipinski definition) is 3. The van der Waals surface area contributed by atoms with Crippen LogP contribution in [0.2, 0.25) is 0 Å². The SMILES string of the molecule is Cc1n[nH]c(C)c1NS(=O)(=O)CCC(C)(C)C. The summed E-state index contributed by atoms with van der Waals surface area (Å²) in [6.45, 7) is 9.64. The monoisotopic (exact) mass is 259 g/mol. The zero-order valence-electron chi connectivity index (χ0n) is 11.1. The lowest BCUT2D eigenvalue weighted by atomic mass is 9.94. The maximum atomic E-state index is 11.9. The fourth-order valence-electron chi connectivity index (χ4n) is 1.35. The predicted molar refractivity (Wildman–Crippen MR) is 69.5 cm³/mol. The van der Waals surface area contributed by atoms with Crippen molar-refractivity contribution in [2.24, 2.45) is 5.41 Å². The summed E-state index contributed by atoms with van der Waals surface area (Å²) in [6, 6.07) is 0. The van der Waals surface area contributed by atoms with E-state index >= 15 is 0 Å². The summed E-state index contributed by atoms with van der Waals surface area (Å²) in [5.74, 6) is 0.126. The molecule has 17 heavy (non-hydrogen) atoms. The summed E-state index contributed by atoms with van der Waals surface area (Å²) in [6.07, 6.45) is 0.623. The Bertz CT molecular complexity index is 464. The first-order valence-corrected chi connectivity index (χ1v) is 7.28. The van der Waals surface area contributed by atoms with Crippen LogP contribution < -0.4 is 4.72 Å². The number of nitrogens with zero attached hydrogens (tertiary/aromatic N) is 1. The Morgan fingerprint density at radius 3 is 2.29 bits per heavy atom. The maximum absolute atomic E-state index is 11.9. The van der Waals surface area contributed by atoms with Crippen LogP contribution in [0.4, 0.5) is 5.69 Å². The fraction of sp³-hybridized carbons (Fsp3) is 0.727. The summed E-state index contributed by atoms with van der Waals surface area (Å²) in [5.41, 5.74) is 1.98. The molecule has 1 heterocycles. The average molecular weight is 259 g/mol. The van der Waals surface area contributed by atoms with Crippen molar-refractivity contribution in [3.05, 3.63) is 11.4 Å². The number of aromatic nitrogens is 2. The molecule has 0 unspecified atom stereocenters. The summed E-state index contributed by atoms with van der Waals surface area (Å²) in [5, 5.41) is 6.71. The van der Waals surface area contributed by atoms with Crippen LogP contribution in [0.5, 0.6) is 0 Å². The first kappa shape index (κ1) is 14.0. The number of sulfonamides is 1. The van der Waals surface area contributed by atoms with Crippen LogP contribution in [0, 0.1) is 19.3 Å². The summed E-state index contributed by atoms with van der Waals surface area (Å²) in [7, 11) is -3.29. The van der Waals surface area contributed by atoms with E-state index in [0.29, 0.717) is 17.8 Å². The van der Waals surface area contributed by atoms with Gasteiger partial charge in [0.25, 0.3) is 0 Å². The van der Waals surface area contributed by atoms with Gasteiger partial charge in [0.15, 0.2) is 0 Å². The number of rotatable bonds is 4. The van der Waals surface area contributed by atoms with Crippen molar-refractivity contribution in [1.82, 2.24) is 10.2 Å². The Kier molecular flexibility index (Phi) is 3.86. The smallest absolute Gasteiger partial charge is 0.232 e. The van der Waals surface area contributed by atoms with Gasteiger partial charge in [-0.3, -0.25) is 9.82 Å². The van der Waals surface area contributed by atoms with Crippen LogP contribution in [-0.2, 0) is 10.0 Å². The molecule has 6 heteroatoms. The molecular formula is C11H21N3O2S. The van der Waals surface area contributed by atoms with E-state index in [-0.39, 0.29) is 11.2 Å². The third-order valence-corrected chi connectivity index (χ3v) is 3.76. The first-order chi connectivity index (χ1) is 7.61. The minimum atomic E-state index is -3.29. The van der Waals surface area contributed by atoms with Gasteiger partial charge in [0, 0.05) is 0 Å². The molecule has 5 nitrogen and oxygen atoms in total. The highest BCUT2D eigenvalue weighted by molar-refractivity contribution is 7.92. The second kappa shape index (κ2) is 4.68. The normalized spacial score (nSPS) is 12.8. The molecule has 0 bridgehead atoms. The van der Waals surface area contributed by atoms with E-state index < -0.39 is 10.0 Å². The van der Waals surface area contributed by atoms with Gasteiger partial charge in [0.1, 0.15) is 0 Å². The molecule has 0 atom stereocenters. The van der Waals surface area contributed by atoms with E-state index in [1.54, 1.807) is 13.8 Å². The number of aryl methyl sites for hydroxylation is 2. The fourth-order valence-corrected chi connectivity index (χ4v) is 2.94. The summed E-state index contributed by atoms with van der Waals surface area (Å²) < 4.78 is 26.4. The zero-order valence-corrected chi connectivity index (χ0v) is 11.9. The molecule has 0 spiro atoms. The molecule has 0 radical (unpaired) electrons. The van der Waals surface area contributed by atoms with Gasteiger partial charge in [0.05, 0.1) is 22.8 Å². The molecule has 0 aliphatic rings. The number of hydrogen-bond donors (Lipinski definition) is 2. The molecule has 1 rings (SSSR count). The number of H-pyrrole nitrogens is 1. The second-order valence-corrected chi connectivity index (χ2v) is 7.38. The zero-order chi connectivity index (χ0) is 13.3. The van der Waals surface area contributed by atoms with E-state index in [1.807, 2.05) is 20.8 Å². The van der Waals surface area contributed by atoms with Crippen LogP contribution >= 0.6 is 0 Å². The van der Waals surface area contributed by atoms with Crippen molar-refractivity contribution in [3.8, 4) is 0 Å². The van der Waals surface area contributed by atoms with Gasteiger partial charge in [-0.25, -0.2) is 8.42 Å². The highest BCUT2D eigenvalue weighted by Gasteiger charge is 2.19. The van der Waals surface area contributed by atoms with Crippen molar-refractivity contribution >= 4 is 15.7 Å². The van der Waals surface area contributed by atoms with Gasteiger partial charge in [-0.1, -0.05) is 20.8 Å². The lowest BCUT2D eigenvalue weighted by molar-refractivity contribution is 0.397. The van der Waals surface area contributed by atoms with Crippen molar-refractivity contribution in [1.29, 1.82) is 0 Å². The van der Waals surface area contributed by atoms with Gasteiger partial charge in [-0.15, -0.1) is 0 Å². The van der Waals surface area contributed by atoms with Gasteiger partial charge >= 0.3 is 0 Å². The molecule has 2 N–H and O–H groups in total. The molecule has 0 aliphatic heterocycles. The Morgan fingerprint density at radius 1 is 1.29 bits per heavy atom. The Labute approximate surface area is 103 Å². The topological polar surface area (TPSA) is 74.8 Å². The lowest BCUT2D eigenvalue weighted by Gasteiger charge is -2.18. The molecule has 0 saturated carbocycles. The highest BCUT2D eigenvalue weighted by atomic mass is 32.2. The molecule has 1 aromatic heterocycles. The highest BCUT2D eigenvalue weighted by Crippen LogP contribution is 2.22. The molecule has 98 valence electrons. The Morgan fingerprint density at radius 2 is 1.88 bits per heavy atom. The van der Waals surface area contributed by atoms with Crippen molar-refractivity contribution < 1.29 is 8.42 Å². The van der Waals surface area contributed by atoms with Crippen LogP contribution in [0.25, 0.3) is 0 Å². The first-order valence-electron chi connectivity index (χ1n) is 5.63. The largest absolute Gasteiger partial charge is 0.280 e. The third-order valence-electron chi connectivity index (χ3n) is 2.51. The molecule has 0 amide bonds. The van der Waals surface area contributed by atoms with Crippen LogP contribution in [0.1, 0.15) is 38.6 Å². The standard InChI is InChI=1S/C11H21N3O2S/c1-8-10(9(2)13-12-8)14-17(15,16)7-6-11(3,4)5/h14H,6-7H2,1-5H3,(H,12,13). The molecule has 0 aromatic carbocycles. The molecule has 0 fully saturated rings. The van der Waals surface area contributed by atoms with Crippen molar-refractivity contribution in [3.63, 3.8) is 0 Å². The van der Waals surface area contributed by atoms with Crippen molar-refractivity contribution in [2.75, 3.05) is 10.5 Å². The molecule has 0 aliphatic carbocycles. The van der Waals surface area contributed by atoms with Gasteiger partial charge in [0.2, 0.25) is 10.0 Å². The summed E-state index contributed by atoms with van der Waals surface area (Å²) in [4.78, 5) is 0. The molecule has 0 saturated heterocycles. The van der Waals surface area contributed by atoms with Crippen LogP contribution in [-0.4, -0.2) is 24.4 Å². The maximum Gasteiger partial charge on any atom is 0.232 e. The Hall–Kier alpha value is -1.04. The number of anilines is 1. The van der Waals surface area contributed by atoms with E-state index in [0.717, 1.165) is 5.69 Å². The van der Waals surface area contributed by atoms with Crippen LogP contribution in [0.15, 0.2) is 0 Å². The van der Waals surface area contributed by atoms with E-state index in [9.17, 15) is 8.42 Å². The minimum absolute atomic E-state index is 0.00916. The van der Waals surface area contributed by atoms with Gasteiger partial charge in [-0.2, -0.15) is 5.10 Å². The molecular weight excluding hydrogens is 238 g/mol. The minimum Gasteiger partial charge on any atom is -0.280 e. The van der Waals surface area contributed by atoms with Gasteiger partial charge < -0.3 is 0 Å². The average Bonchev–Trinajstić information content (AvgIpc) is 2.45. The Balaban J connectivity index is 2.74. The van der Waals surface area contributed by atoms with E-state index in [1.165, 1.54) is 0 Å². The van der Waals surface area contributed by atoms with E-state index in [2.05, 4.69) is 14.9 Å². The third kappa shape index (κ3) is 4.38. The predicted octanol–water partition coefficient (Wildman–Crippen LogP) is 2.20. The lowest BCUT2D eigenvalue weighted by Crippen LogP contribution is -2.21. The van der Waals surface area contributed by atoms with Gasteiger partial charge in [-0.05, 0) is 25.7 Å². The quantitative estimate of drug-likeness (QED) is 0.870. The van der Waals surface area contributed by atoms with Crippen molar-refractivity contribution in [2.45, 2.75) is 41.0 Å². The number of nitrogens with one attached hydrogen (secondary N) is 2.